The molecule has 0 spiro atoms. The Morgan fingerprint density at radius 3 is 3.21 bits per heavy atom. The summed E-state index contributed by atoms with van der Waals surface area (Å²) in [5.41, 5.74) is 0.847. The minimum Gasteiger partial charge on any atom is -0.316 e. The number of hydrogen-bond acceptors (Lipinski definition) is 3. The van der Waals surface area contributed by atoms with Gasteiger partial charge in [0.1, 0.15) is 0 Å². The van der Waals surface area contributed by atoms with Crippen molar-refractivity contribution in [2.75, 3.05) is 13.1 Å². The van der Waals surface area contributed by atoms with Gasteiger partial charge in [-0.2, -0.15) is 0 Å². The molecule has 4 heteroatoms. The molecule has 1 fully saturated rings. The largest absolute Gasteiger partial charge is 0.316 e. The van der Waals surface area contributed by atoms with E-state index in [0.717, 1.165) is 31.7 Å². The van der Waals surface area contributed by atoms with Crippen LogP contribution in [0.1, 0.15) is 12.1 Å². The predicted molar refractivity (Wildman–Crippen MR) is 54.2 cm³/mol. The fourth-order valence-corrected chi connectivity index (χ4v) is 1.80. The van der Waals surface area contributed by atoms with Crippen molar-refractivity contribution >= 4 is 0 Å². The third kappa shape index (κ3) is 2.01. The van der Waals surface area contributed by atoms with Gasteiger partial charge in [-0.3, -0.25) is 9.36 Å². The third-order valence-electron chi connectivity index (χ3n) is 2.63. The first kappa shape index (κ1) is 9.40. The second kappa shape index (κ2) is 3.92. The number of rotatable bonds is 2. The Labute approximate surface area is 83.0 Å². The summed E-state index contributed by atoms with van der Waals surface area (Å²) in [5, 5.41) is 3.29. The van der Waals surface area contributed by atoms with Crippen molar-refractivity contribution in [1.82, 2.24) is 14.9 Å². The summed E-state index contributed by atoms with van der Waals surface area (Å²) < 4.78 is 1.70. The monoisotopic (exact) mass is 193 g/mol. The van der Waals surface area contributed by atoms with Crippen molar-refractivity contribution in [2.24, 2.45) is 5.92 Å². The summed E-state index contributed by atoms with van der Waals surface area (Å²) in [7, 11) is 0. The van der Waals surface area contributed by atoms with Gasteiger partial charge >= 0.3 is 0 Å². The molecule has 1 aliphatic rings. The molecule has 4 nitrogen and oxygen atoms in total. The summed E-state index contributed by atoms with van der Waals surface area (Å²) in [5.74, 6) is 0.581. The molecule has 1 aromatic rings. The molecular weight excluding hydrogens is 178 g/mol. The van der Waals surface area contributed by atoms with Crippen LogP contribution in [0.2, 0.25) is 0 Å². The molecule has 1 saturated heterocycles. The lowest BCUT2D eigenvalue weighted by atomic mass is 10.1. The fourth-order valence-electron chi connectivity index (χ4n) is 1.80. The summed E-state index contributed by atoms with van der Waals surface area (Å²) in [4.78, 5) is 15.7. The van der Waals surface area contributed by atoms with E-state index in [4.69, 9.17) is 0 Å². The summed E-state index contributed by atoms with van der Waals surface area (Å²) >= 11 is 0. The quantitative estimate of drug-likeness (QED) is 0.728. The Kier molecular flexibility index (Phi) is 2.63. The van der Waals surface area contributed by atoms with E-state index in [2.05, 4.69) is 10.3 Å². The van der Waals surface area contributed by atoms with Gasteiger partial charge in [0, 0.05) is 18.3 Å². The van der Waals surface area contributed by atoms with Gasteiger partial charge < -0.3 is 5.32 Å². The zero-order chi connectivity index (χ0) is 9.97. The van der Waals surface area contributed by atoms with E-state index in [-0.39, 0.29) is 5.56 Å². The highest BCUT2D eigenvalue weighted by molar-refractivity contribution is 4.96. The van der Waals surface area contributed by atoms with E-state index in [0.29, 0.717) is 5.92 Å². The molecule has 0 saturated carbocycles. The van der Waals surface area contributed by atoms with Crippen molar-refractivity contribution in [3.63, 3.8) is 0 Å². The van der Waals surface area contributed by atoms with Crippen LogP contribution < -0.4 is 10.9 Å². The van der Waals surface area contributed by atoms with Gasteiger partial charge in [-0.1, -0.05) is 0 Å². The summed E-state index contributed by atoms with van der Waals surface area (Å²) in [6.45, 7) is 4.71. The first-order valence-electron chi connectivity index (χ1n) is 4.99. The Morgan fingerprint density at radius 2 is 2.57 bits per heavy atom. The maximum absolute atomic E-state index is 11.5. The fraction of sp³-hybridized carbons (Fsp3) is 0.600. The molecule has 2 rings (SSSR count). The topological polar surface area (TPSA) is 46.9 Å². The Balaban J connectivity index is 2.12. The molecule has 0 radical (unpaired) electrons. The first-order valence-corrected chi connectivity index (χ1v) is 4.99. The van der Waals surface area contributed by atoms with Crippen LogP contribution in [-0.4, -0.2) is 22.6 Å². The van der Waals surface area contributed by atoms with Crippen LogP contribution in [0.5, 0.6) is 0 Å². The molecule has 0 bridgehead atoms. The van der Waals surface area contributed by atoms with Crippen molar-refractivity contribution in [1.29, 1.82) is 0 Å². The van der Waals surface area contributed by atoms with Gasteiger partial charge in [0.2, 0.25) is 0 Å². The number of nitrogens with zero attached hydrogens (tertiary/aromatic N) is 2. The van der Waals surface area contributed by atoms with Crippen molar-refractivity contribution in [2.45, 2.75) is 19.9 Å². The predicted octanol–water partition coefficient (Wildman–Crippen LogP) is 0.161. The van der Waals surface area contributed by atoms with Crippen LogP contribution in [0.15, 0.2) is 17.2 Å². The van der Waals surface area contributed by atoms with Crippen LogP contribution in [-0.2, 0) is 6.54 Å². The normalized spacial score (nSPS) is 21.4. The van der Waals surface area contributed by atoms with E-state index in [1.807, 2.05) is 6.92 Å². The van der Waals surface area contributed by atoms with Crippen LogP contribution in [0.3, 0.4) is 0 Å². The maximum atomic E-state index is 11.5. The lowest BCUT2D eigenvalue weighted by Crippen LogP contribution is -2.25. The second-order valence-electron chi connectivity index (χ2n) is 3.88. The standard InChI is InChI=1S/C10H15N3O/c1-8-4-10(14)13(7-12-8)6-9-2-3-11-5-9/h4,7,9,11H,2-3,5-6H2,1H3. The van der Waals surface area contributed by atoms with E-state index >= 15 is 0 Å². The van der Waals surface area contributed by atoms with Crippen LogP contribution >= 0.6 is 0 Å². The van der Waals surface area contributed by atoms with Gasteiger partial charge in [0.15, 0.2) is 0 Å². The molecule has 0 amide bonds. The molecule has 1 N–H and O–H groups in total. The smallest absolute Gasteiger partial charge is 0.253 e. The molecule has 1 unspecified atom stereocenters. The molecule has 0 aromatic carbocycles. The number of aryl methyl sites for hydroxylation is 1. The van der Waals surface area contributed by atoms with E-state index in [1.54, 1.807) is 17.0 Å². The van der Waals surface area contributed by atoms with Crippen molar-refractivity contribution < 1.29 is 0 Å². The first-order chi connectivity index (χ1) is 6.75. The van der Waals surface area contributed by atoms with Crippen LogP contribution in [0.4, 0.5) is 0 Å². The summed E-state index contributed by atoms with van der Waals surface area (Å²) in [6, 6.07) is 1.59. The molecule has 0 aliphatic carbocycles. The van der Waals surface area contributed by atoms with Crippen LogP contribution in [0.25, 0.3) is 0 Å². The Hall–Kier alpha value is -1.16. The second-order valence-corrected chi connectivity index (χ2v) is 3.88. The molecule has 14 heavy (non-hydrogen) atoms. The van der Waals surface area contributed by atoms with E-state index in [9.17, 15) is 4.79 Å². The molecule has 1 atom stereocenters. The lowest BCUT2D eigenvalue weighted by molar-refractivity contribution is 0.467. The highest BCUT2D eigenvalue weighted by Gasteiger charge is 2.15. The van der Waals surface area contributed by atoms with E-state index < -0.39 is 0 Å². The lowest BCUT2D eigenvalue weighted by Gasteiger charge is -2.10. The molecule has 76 valence electrons. The van der Waals surface area contributed by atoms with Gasteiger partial charge in [0.25, 0.3) is 5.56 Å². The van der Waals surface area contributed by atoms with Crippen molar-refractivity contribution in [3.05, 3.63) is 28.4 Å². The SMILES string of the molecule is Cc1cc(=O)n(CC2CCNC2)cn1. The average molecular weight is 193 g/mol. The van der Waals surface area contributed by atoms with E-state index in [1.165, 1.54) is 0 Å². The highest BCUT2D eigenvalue weighted by atomic mass is 16.1. The highest BCUT2D eigenvalue weighted by Crippen LogP contribution is 2.08. The van der Waals surface area contributed by atoms with Gasteiger partial charge in [0.05, 0.1) is 6.33 Å². The zero-order valence-electron chi connectivity index (χ0n) is 8.36. The summed E-state index contributed by atoms with van der Waals surface area (Å²) in [6.07, 6.45) is 2.80. The molecule has 2 heterocycles. The number of hydrogen-bond donors (Lipinski definition) is 1. The Morgan fingerprint density at radius 1 is 1.71 bits per heavy atom. The molecule has 1 aliphatic heterocycles. The van der Waals surface area contributed by atoms with Gasteiger partial charge in [-0.25, -0.2) is 4.98 Å². The zero-order valence-corrected chi connectivity index (χ0v) is 8.36. The van der Waals surface area contributed by atoms with Gasteiger partial charge in [-0.05, 0) is 32.4 Å². The van der Waals surface area contributed by atoms with Crippen LogP contribution in [0, 0.1) is 12.8 Å². The molecular formula is C10H15N3O. The number of nitrogens with one attached hydrogen (secondary N) is 1. The molecule has 1 aromatic heterocycles. The third-order valence-corrected chi connectivity index (χ3v) is 2.63. The van der Waals surface area contributed by atoms with Crippen molar-refractivity contribution in [3.8, 4) is 0 Å². The average Bonchev–Trinajstić information content (AvgIpc) is 2.62. The Bertz CT molecular complexity index is 366. The number of aromatic nitrogens is 2. The minimum atomic E-state index is 0.0596. The van der Waals surface area contributed by atoms with Gasteiger partial charge in [-0.15, -0.1) is 0 Å². The maximum Gasteiger partial charge on any atom is 0.253 e. The minimum absolute atomic E-state index is 0.0596.